The van der Waals surface area contributed by atoms with Crippen molar-refractivity contribution in [1.29, 1.82) is 0 Å². The third kappa shape index (κ3) is 4.02. The first-order valence-corrected chi connectivity index (χ1v) is 8.03. The normalized spacial score (nSPS) is 16.3. The van der Waals surface area contributed by atoms with Crippen LogP contribution in [-0.4, -0.2) is 32.5 Å². The number of sulfonamides is 1. The van der Waals surface area contributed by atoms with Gasteiger partial charge in [-0.15, -0.1) is 11.3 Å². The van der Waals surface area contributed by atoms with Crippen LogP contribution in [-0.2, 0) is 10.0 Å². The molecule has 7 heteroatoms. The number of hydrogen-bond acceptors (Lipinski definition) is 5. The summed E-state index contributed by atoms with van der Waals surface area (Å²) in [5, 5.41) is 4.11. The fourth-order valence-electron chi connectivity index (χ4n) is 1.43. The molecule has 0 spiro atoms. The molecule has 5 nitrogen and oxygen atoms in total. The molecule has 1 aromatic rings. The molecule has 17 heavy (non-hydrogen) atoms. The number of rotatable bonds is 7. The van der Waals surface area contributed by atoms with Gasteiger partial charge in [0.05, 0.1) is 11.2 Å². The lowest BCUT2D eigenvalue weighted by molar-refractivity contribution is 0.575. The molecule has 1 fully saturated rings. The van der Waals surface area contributed by atoms with Crippen LogP contribution in [0.2, 0.25) is 0 Å². The minimum atomic E-state index is -3.35. The standard InChI is InChI=1S/C10H17N3O2S2/c1-8-12-7-10(16-8)17(14,15)13-6-2-5-11-9-3-4-9/h7,9,11,13H,2-6H2,1H3. The van der Waals surface area contributed by atoms with Gasteiger partial charge in [0.15, 0.2) is 4.21 Å². The highest BCUT2D eigenvalue weighted by Crippen LogP contribution is 2.18. The third-order valence-corrected chi connectivity index (χ3v) is 5.36. The van der Waals surface area contributed by atoms with Crippen LogP contribution in [0.5, 0.6) is 0 Å². The number of aryl methyl sites for hydroxylation is 1. The molecule has 1 heterocycles. The van der Waals surface area contributed by atoms with Crippen molar-refractivity contribution in [1.82, 2.24) is 15.0 Å². The second-order valence-corrected chi connectivity index (χ2v) is 7.41. The van der Waals surface area contributed by atoms with Gasteiger partial charge in [0.1, 0.15) is 0 Å². The Morgan fingerprint density at radius 1 is 1.47 bits per heavy atom. The lowest BCUT2D eigenvalue weighted by atomic mass is 10.4. The van der Waals surface area contributed by atoms with E-state index in [1.165, 1.54) is 30.4 Å². The SMILES string of the molecule is Cc1ncc(S(=O)(=O)NCCCNC2CC2)s1. The summed E-state index contributed by atoms with van der Waals surface area (Å²) in [5.74, 6) is 0. The van der Waals surface area contributed by atoms with Crippen molar-refractivity contribution in [3.8, 4) is 0 Å². The molecular weight excluding hydrogens is 258 g/mol. The largest absolute Gasteiger partial charge is 0.314 e. The number of nitrogens with one attached hydrogen (secondary N) is 2. The van der Waals surface area contributed by atoms with Gasteiger partial charge in [-0.05, 0) is 32.7 Å². The van der Waals surface area contributed by atoms with Gasteiger partial charge in [0.25, 0.3) is 10.0 Å². The Morgan fingerprint density at radius 2 is 2.24 bits per heavy atom. The summed E-state index contributed by atoms with van der Waals surface area (Å²) in [5.41, 5.74) is 0. The van der Waals surface area contributed by atoms with Crippen LogP contribution in [0, 0.1) is 6.92 Å². The quantitative estimate of drug-likeness (QED) is 0.724. The highest BCUT2D eigenvalue weighted by molar-refractivity contribution is 7.91. The van der Waals surface area contributed by atoms with Gasteiger partial charge >= 0.3 is 0 Å². The molecule has 0 bridgehead atoms. The molecule has 0 aromatic carbocycles. The van der Waals surface area contributed by atoms with Crippen molar-refractivity contribution in [3.63, 3.8) is 0 Å². The maximum atomic E-state index is 11.8. The van der Waals surface area contributed by atoms with Gasteiger partial charge in [-0.2, -0.15) is 0 Å². The van der Waals surface area contributed by atoms with Crippen molar-refractivity contribution < 1.29 is 8.42 Å². The highest BCUT2D eigenvalue weighted by Gasteiger charge is 2.20. The first kappa shape index (κ1) is 12.9. The number of hydrogen-bond donors (Lipinski definition) is 2. The van der Waals surface area contributed by atoms with Gasteiger partial charge in [0.2, 0.25) is 0 Å². The molecule has 0 aliphatic heterocycles. The molecule has 1 saturated carbocycles. The average Bonchev–Trinajstić information content (AvgIpc) is 2.98. The predicted molar refractivity (Wildman–Crippen MR) is 67.7 cm³/mol. The Balaban J connectivity index is 1.73. The fraction of sp³-hybridized carbons (Fsp3) is 0.700. The first-order valence-electron chi connectivity index (χ1n) is 5.73. The van der Waals surface area contributed by atoms with Crippen LogP contribution in [0.3, 0.4) is 0 Å². The summed E-state index contributed by atoms with van der Waals surface area (Å²) in [6.07, 6.45) is 4.73. The van der Waals surface area contributed by atoms with Gasteiger partial charge in [-0.1, -0.05) is 0 Å². The molecule has 1 aliphatic carbocycles. The lowest BCUT2D eigenvalue weighted by Crippen LogP contribution is -2.27. The van der Waals surface area contributed by atoms with Crippen molar-refractivity contribution in [3.05, 3.63) is 11.2 Å². The molecule has 0 radical (unpaired) electrons. The summed E-state index contributed by atoms with van der Waals surface area (Å²) in [6, 6.07) is 0.677. The van der Waals surface area contributed by atoms with Crippen LogP contribution in [0.4, 0.5) is 0 Å². The van der Waals surface area contributed by atoms with Gasteiger partial charge in [-0.3, -0.25) is 0 Å². The van der Waals surface area contributed by atoms with E-state index in [2.05, 4.69) is 15.0 Å². The van der Waals surface area contributed by atoms with E-state index in [0.717, 1.165) is 18.0 Å². The van der Waals surface area contributed by atoms with E-state index >= 15 is 0 Å². The minimum absolute atomic E-state index is 0.296. The molecule has 0 unspecified atom stereocenters. The van der Waals surface area contributed by atoms with Gasteiger partial charge in [-0.25, -0.2) is 18.1 Å². The zero-order chi connectivity index (χ0) is 12.3. The number of thiazole rings is 1. The van der Waals surface area contributed by atoms with Crippen LogP contribution in [0.1, 0.15) is 24.3 Å². The van der Waals surface area contributed by atoms with Crippen molar-refractivity contribution in [2.45, 2.75) is 36.4 Å². The third-order valence-electron chi connectivity index (χ3n) is 2.52. The van der Waals surface area contributed by atoms with Gasteiger partial charge < -0.3 is 5.32 Å². The van der Waals surface area contributed by atoms with Crippen molar-refractivity contribution >= 4 is 21.4 Å². The Hall–Kier alpha value is -0.500. The maximum absolute atomic E-state index is 11.8. The smallest absolute Gasteiger partial charge is 0.251 e. The Labute approximate surface area is 106 Å². The topological polar surface area (TPSA) is 71.1 Å². The van der Waals surface area contributed by atoms with E-state index in [9.17, 15) is 8.42 Å². The lowest BCUT2D eigenvalue weighted by Gasteiger charge is -2.04. The molecule has 1 aromatic heterocycles. The molecule has 0 atom stereocenters. The van der Waals surface area contributed by atoms with Crippen molar-refractivity contribution in [2.24, 2.45) is 0 Å². The fourth-order valence-corrected chi connectivity index (χ4v) is 3.65. The number of aromatic nitrogens is 1. The molecule has 0 amide bonds. The summed E-state index contributed by atoms with van der Waals surface area (Å²) < 4.78 is 26.5. The van der Waals surface area contributed by atoms with Gasteiger partial charge in [0, 0.05) is 12.6 Å². The average molecular weight is 275 g/mol. The molecule has 96 valence electrons. The summed E-state index contributed by atoms with van der Waals surface area (Å²) in [6.45, 7) is 3.14. The molecule has 1 aliphatic rings. The molecular formula is C10H17N3O2S2. The molecule has 0 saturated heterocycles. The second-order valence-electron chi connectivity index (χ2n) is 4.18. The first-order chi connectivity index (χ1) is 8.08. The van der Waals surface area contributed by atoms with Crippen LogP contribution in [0.15, 0.2) is 10.4 Å². The van der Waals surface area contributed by atoms with Crippen LogP contribution >= 0.6 is 11.3 Å². The monoisotopic (exact) mass is 275 g/mol. The predicted octanol–water partition coefficient (Wildman–Crippen LogP) is 0.872. The maximum Gasteiger partial charge on any atom is 0.251 e. The van der Waals surface area contributed by atoms with E-state index in [-0.39, 0.29) is 0 Å². The Morgan fingerprint density at radius 3 is 2.82 bits per heavy atom. The van der Waals surface area contributed by atoms with E-state index in [1.807, 2.05) is 0 Å². The van der Waals surface area contributed by atoms with Crippen molar-refractivity contribution in [2.75, 3.05) is 13.1 Å². The Kier molecular flexibility index (Phi) is 4.13. The zero-order valence-electron chi connectivity index (χ0n) is 9.77. The van der Waals surface area contributed by atoms with E-state index in [0.29, 0.717) is 16.8 Å². The van der Waals surface area contributed by atoms with E-state index < -0.39 is 10.0 Å². The Bertz CT molecular complexity index is 466. The van der Waals surface area contributed by atoms with E-state index in [1.54, 1.807) is 6.92 Å². The number of nitrogens with zero attached hydrogens (tertiary/aromatic N) is 1. The highest BCUT2D eigenvalue weighted by atomic mass is 32.2. The van der Waals surface area contributed by atoms with Crippen LogP contribution in [0.25, 0.3) is 0 Å². The van der Waals surface area contributed by atoms with E-state index in [4.69, 9.17) is 0 Å². The summed E-state index contributed by atoms with van der Waals surface area (Å²) in [4.78, 5) is 3.95. The summed E-state index contributed by atoms with van der Waals surface area (Å²) >= 11 is 1.20. The van der Waals surface area contributed by atoms with Crippen LogP contribution < -0.4 is 10.0 Å². The zero-order valence-corrected chi connectivity index (χ0v) is 11.4. The summed E-state index contributed by atoms with van der Waals surface area (Å²) in [7, 11) is -3.35. The second kappa shape index (κ2) is 5.43. The molecule has 2 N–H and O–H groups in total. The minimum Gasteiger partial charge on any atom is -0.314 e. The molecule has 2 rings (SSSR count).